The molecule has 194 valence electrons. The number of amides is 2. The summed E-state index contributed by atoms with van der Waals surface area (Å²) in [5.41, 5.74) is 3.71. The van der Waals surface area contributed by atoms with Gasteiger partial charge in [0.25, 0.3) is 11.6 Å². The summed E-state index contributed by atoms with van der Waals surface area (Å²) in [6.45, 7) is 1.80. The number of thioether (sulfide) groups is 1. The summed E-state index contributed by atoms with van der Waals surface area (Å²) in [6, 6.07) is 27.3. The molecular weight excluding hydrogens is 516 g/mol. The van der Waals surface area contributed by atoms with Gasteiger partial charge in [-0.3, -0.25) is 19.7 Å². The first kappa shape index (κ1) is 25.7. The van der Waals surface area contributed by atoms with Crippen LogP contribution in [0.2, 0.25) is 0 Å². The number of anilines is 2. The number of oxazole rings is 1. The average Bonchev–Trinajstić information content (AvgIpc) is 3.38. The van der Waals surface area contributed by atoms with Gasteiger partial charge in [-0.2, -0.15) is 0 Å². The Hall–Kier alpha value is -4.96. The third kappa shape index (κ3) is 6.13. The van der Waals surface area contributed by atoms with E-state index in [1.807, 2.05) is 42.5 Å². The van der Waals surface area contributed by atoms with Crippen molar-refractivity contribution in [2.24, 2.45) is 0 Å². The number of nitro benzene ring substituents is 1. The maximum absolute atomic E-state index is 12.8. The van der Waals surface area contributed by atoms with Crippen LogP contribution < -0.4 is 10.6 Å². The van der Waals surface area contributed by atoms with Crippen molar-refractivity contribution in [2.45, 2.75) is 17.1 Å². The smallest absolute Gasteiger partial charge is 0.269 e. The molecule has 1 atom stereocenters. The van der Waals surface area contributed by atoms with Gasteiger partial charge in [0.2, 0.25) is 11.8 Å². The van der Waals surface area contributed by atoms with Crippen LogP contribution in [0.5, 0.6) is 0 Å². The van der Waals surface area contributed by atoms with E-state index >= 15 is 0 Å². The second-order valence-corrected chi connectivity index (χ2v) is 10.0. The molecule has 1 heterocycles. The molecule has 2 amide bonds. The van der Waals surface area contributed by atoms with Gasteiger partial charge in [-0.05, 0) is 73.7 Å². The van der Waals surface area contributed by atoms with Gasteiger partial charge in [0, 0.05) is 39.5 Å². The number of hydrogen-bond acceptors (Lipinski definition) is 7. The van der Waals surface area contributed by atoms with Crippen LogP contribution in [-0.4, -0.2) is 27.0 Å². The molecule has 39 heavy (non-hydrogen) atoms. The van der Waals surface area contributed by atoms with Gasteiger partial charge in [-0.1, -0.05) is 18.2 Å². The summed E-state index contributed by atoms with van der Waals surface area (Å²) in [4.78, 5) is 41.0. The number of aromatic nitrogens is 1. The van der Waals surface area contributed by atoms with Crippen molar-refractivity contribution in [3.8, 4) is 11.5 Å². The maximum Gasteiger partial charge on any atom is 0.269 e. The van der Waals surface area contributed by atoms with Crippen molar-refractivity contribution < 1.29 is 18.9 Å². The van der Waals surface area contributed by atoms with E-state index in [-0.39, 0.29) is 17.5 Å². The van der Waals surface area contributed by atoms with E-state index in [0.717, 1.165) is 16.0 Å². The summed E-state index contributed by atoms with van der Waals surface area (Å²) in [5, 5.41) is 16.1. The second kappa shape index (κ2) is 11.2. The number of benzene rings is 4. The van der Waals surface area contributed by atoms with Crippen LogP contribution in [0, 0.1) is 10.1 Å². The number of nitrogens with zero attached hydrogens (tertiary/aromatic N) is 2. The van der Waals surface area contributed by atoms with E-state index in [1.54, 1.807) is 37.3 Å². The van der Waals surface area contributed by atoms with E-state index in [4.69, 9.17) is 4.42 Å². The van der Waals surface area contributed by atoms with Crippen LogP contribution in [-0.2, 0) is 4.79 Å². The van der Waals surface area contributed by atoms with E-state index in [9.17, 15) is 19.7 Å². The minimum Gasteiger partial charge on any atom is -0.436 e. The van der Waals surface area contributed by atoms with Crippen LogP contribution >= 0.6 is 11.8 Å². The fraction of sp³-hybridized carbons (Fsp3) is 0.0690. The number of carbonyl (C=O) groups is 2. The van der Waals surface area contributed by atoms with Gasteiger partial charge in [0.05, 0.1) is 10.2 Å². The molecule has 2 N–H and O–H groups in total. The third-order valence-corrected chi connectivity index (χ3v) is 6.90. The molecule has 4 aromatic carbocycles. The minimum atomic E-state index is -0.519. The Morgan fingerprint density at radius 3 is 2.36 bits per heavy atom. The summed E-state index contributed by atoms with van der Waals surface area (Å²) in [6.07, 6.45) is 0. The molecule has 5 aromatic rings. The summed E-state index contributed by atoms with van der Waals surface area (Å²) in [5.74, 6) is -0.0485. The van der Waals surface area contributed by atoms with Gasteiger partial charge in [0.1, 0.15) is 5.52 Å². The number of hydrogen-bond donors (Lipinski definition) is 2. The van der Waals surface area contributed by atoms with Crippen LogP contribution in [0.3, 0.4) is 0 Å². The van der Waals surface area contributed by atoms with Crippen molar-refractivity contribution in [3.05, 3.63) is 113 Å². The van der Waals surface area contributed by atoms with Crippen molar-refractivity contribution in [3.63, 3.8) is 0 Å². The standard InChI is InChI=1S/C29H22N4O5S/c1-18(27(34)30-21-13-9-20(10-14-21)29-32-25-7-2-3-8-26(25)38-29)39-24-6-4-5-22(17-24)31-28(35)19-11-15-23(16-12-19)33(36)37/h2-18H,1H3,(H,30,34)(H,31,35). The zero-order valence-corrected chi connectivity index (χ0v) is 21.5. The number of fused-ring (bicyclic) bond motifs is 1. The van der Waals surface area contributed by atoms with Crippen molar-refractivity contribution >= 4 is 51.7 Å². The van der Waals surface area contributed by atoms with Crippen molar-refractivity contribution in [1.29, 1.82) is 0 Å². The Morgan fingerprint density at radius 1 is 0.897 bits per heavy atom. The number of rotatable bonds is 8. The zero-order chi connectivity index (χ0) is 27.4. The van der Waals surface area contributed by atoms with Gasteiger partial charge >= 0.3 is 0 Å². The average molecular weight is 539 g/mol. The molecule has 0 bridgehead atoms. The van der Waals surface area contributed by atoms with Crippen LogP contribution in [0.1, 0.15) is 17.3 Å². The fourth-order valence-electron chi connectivity index (χ4n) is 3.78. The lowest BCUT2D eigenvalue weighted by Crippen LogP contribution is -2.22. The molecule has 0 saturated carbocycles. The predicted molar refractivity (Wildman–Crippen MR) is 151 cm³/mol. The quantitative estimate of drug-likeness (QED) is 0.127. The molecule has 0 fully saturated rings. The number of non-ortho nitro benzene ring substituents is 1. The number of para-hydroxylation sites is 2. The van der Waals surface area contributed by atoms with E-state index in [2.05, 4.69) is 15.6 Å². The SMILES string of the molecule is CC(Sc1cccc(NC(=O)c2ccc([N+](=O)[O-])cc2)c1)C(=O)Nc1ccc(-c2nc3ccccc3o2)cc1. The normalized spacial score (nSPS) is 11.6. The molecular formula is C29H22N4O5S. The molecule has 0 spiro atoms. The Morgan fingerprint density at radius 2 is 1.64 bits per heavy atom. The Labute approximate surface area is 227 Å². The lowest BCUT2D eigenvalue weighted by molar-refractivity contribution is -0.384. The zero-order valence-electron chi connectivity index (χ0n) is 20.7. The van der Waals surface area contributed by atoms with Crippen LogP contribution in [0.15, 0.2) is 106 Å². The summed E-state index contributed by atoms with van der Waals surface area (Å²) < 4.78 is 5.80. The second-order valence-electron chi connectivity index (χ2n) is 8.60. The first-order valence-electron chi connectivity index (χ1n) is 11.9. The highest BCUT2D eigenvalue weighted by Gasteiger charge is 2.16. The summed E-state index contributed by atoms with van der Waals surface area (Å²) in [7, 11) is 0. The first-order valence-corrected chi connectivity index (χ1v) is 12.8. The highest BCUT2D eigenvalue weighted by Crippen LogP contribution is 2.28. The Kier molecular flexibility index (Phi) is 7.37. The maximum atomic E-state index is 12.8. The molecule has 5 rings (SSSR count). The largest absolute Gasteiger partial charge is 0.436 e. The molecule has 0 aliphatic carbocycles. The van der Waals surface area contributed by atoms with Crippen LogP contribution in [0.4, 0.5) is 17.1 Å². The van der Waals surface area contributed by atoms with Crippen molar-refractivity contribution in [2.75, 3.05) is 10.6 Å². The summed E-state index contributed by atoms with van der Waals surface area (Å²) >= 11 is 1.35. The molecule has 1 unspecified atom stereocenters. The number of nitro groups is 1. The first-order chi connectivity index (χ1) is 18.9. The molecule has 0 saturated heterocycles. The molecule has 9 nitrogen and oxygen atoms in total. The van der Waals surface area contributed by atoms with Crippen LogP contribution in [0.25, 0.3) is 22.6 Å². The van der Waals surface area contributed by atoms with Gasteiger partial charge < -0.3 is 15.1 Å². The van der Waals surface area contributed by atoms with Gasteiger partial charge in [-0.15, -0.1) is 11.8 Å². The van der Waals surface area contributed by atoms with Gasteiger partial charge in [-0.25, -0.2) is 4.98 Å². The number of nitrogens with one attached hydrogen (secondary N) is 2. The lowest BCUT2D eigenvalue weighted by Gasteiger charge is -2.13. The van der Waals surface area contributed by atoms with Crippen molar-refractivity contribution in [1.82, 2.24) is 4.98 Å². The van der Waals surface area contributed by atoms with E-state index < -0.39 is 10.2 Å². The van der Waals surface area contributed by atoms with E-state index in [1.165, 1.54) is 36.0 Å². The molecule has 0 aliphatic rings. The lowest BCUT2D eigenvalue weighted by atomic mass is 10.2. The minimum absolute atomic E-state index is 0.0867. The highest BCUT2D eigenvalue weighted by molar-refractivity contribution is 8.00. The fourth-order valence-corrected chi connectivity index (χ4v) is 4.70. The monoisotopic (exact) mass is 538 g/mol. The number of carbonyl (C=O) groups excluding carboxylic acids is 2. The van der Waals surface area contributed by atoms with Gasteiger partial charge in [0.15, 0.2) is 5.58 Å². The third-order valence-electron chi connectivity index (χ3n) is 5.81. The predicted octanol–water partition coefficient (Wildman–Crippen LogP) is 6.77. The Balaban J connectivity index is 1.18. The highest BCUT2D eigenvalue weighted by atomic mass is 32.2. The van der Waals surface area contributed by atoms with E-state index in [0.29, 0.717) is 28.4 Å². The molecule has 0 radical (unpaired) electrons. The molecule has 0 aliphatic heterocycles. The molecule has 10 heteroatoms. The Bertz CT molecular complexity index is 1630. The topological polar surface area (TPSA) is 127 Å². The molecule has 1 aromatic heterocycles.